The highest BCUT2D eigenvalue weighted by Gasteiger charge is 2.19. The molecule has 0 atom stereocenters. The van der Waals surface area contributed by atoms with Crippen molar-refractivity contribution in [3.05, 3.63) is 10.4 Å². The topological polar surface area (TPSA) is 126 Å². The van der Waals surface area contributed by atoms with E-state index in [0.29, 0.717) is 0 Å². The third kappa shape index (κ3) is 1.78. The van der Waals surface area contributed by atoms with Gasteiger partial charge in [0, 0.05) is 6.26 Å². The first-order valence-corrected chi connectivity index (χ1v) is 5.00. The molecule has 0 aliphatic carbocycles. The molecule has 0 aromatic carbocycles. The average Bonchev–Trinajstić information content (AvgIpc) is 1.78. The van der Waals surface area contributed by atoms with Crippen LogP contribution in [0.3, 0.4) is 0 Å². The first-order valence-electron chi connectivity index (χ1n) is 3.11. The first kappa shape index (κ1) is 9.52. The second kappa shape index (κ2) is 2.73. The molecule has 0 fully saturated rings. The highest BCUT2D eigenvalue weighted by molar-refractivity contribution is 7.90. The Morgan fingerprint density at radius 3 is 2.46 bits per heavy atom. The SMILES string of the molecule is CS(=O)(=O)c1c(O)nc(N)[nH]c1=O. The fourth-order valence-corrected chi connectivity index (χ4v) is 1.57. The van der Waals surface area contributed by atoms with Crippen molar-refractivity contribution < 1.29 is 13.5 Å². The summed E-state index contributed by atoms with van der Waals surface area (Å²) < 4.78 is 21.9. The van der Waals surface area contributed by atoms with E-state index in [1.807, 2.05) is 4.98 Å². The van der Waals surface area contributed by atoms with E-state index < -0.39 is 26.2 Å². The van der Waals surface area contributed by atoms with Crippen molar-refractivity contribution in [3.63, 3.8) is 0 Å². The largest absolute Gasteiger partial charge is 0.492 e. The van der Waals surface area contributed by atoms with Crippen LogP contribution in [-0.4, -0.2) is 29.7 Å². The number of H-pyrrole nitrogens is 1. The van der Waals surface area contributed by atoms with E-state index >= 15 is 0 Å². The molecule has 0 unspecified atom stereocenters. The molecule has 4 N–H and O–H groups in total. The van der Waals surface area contributed by atoms with Gasteiger partial charge in [-0.15, -0.1) is 0 Å². The zero-order valence-electron chi connectivity index (χ0n) is 6.60. The molecule has 1 aromatic rings. The smallest absolute Gasteiger partial charge is 0.275 e. The van der Waals surface area contributed by atoms with Crippen LogP contribution in [-0.2, 0) is 9.84 Å². The number of nitrogen functional groups attached to an aromatic ring is 1. The van der Waals surface area contributed by atoms with E-state index in [9.17, 15) is 13.2 Å². The minimum absolute atomic E-state index is 0.338. The highest BCUT2D eigenvalue weighted by Crippen LogP contribution is 2.14. The van der Waals surface area contributed by atoms with Crippen LogP contribution in [0.15, 0.2) is 9.69 Å². The number of hydrogen-bond acceptors (Lipinski definition) is 6. The molecule has 72 valence electrons. The lowest BCUT2D eigenvalue weighted by atomic mass is 10.6. The molecular weight excluding hydrogens is 198 g/mol. The molecule has 13 heavy (non-hydrogen) atoms. The van der Waals surface area contributed by atoms with Crippen LogP contribution in [0.1, 0.15) is 0 Å². The van der Waals surface area contributed by atoms with Gasteiger partial charge in [0.05, 0.1) is 0 Å². The van der Waals surface area contributed by atoms with Gasteiger partial charge in [0.1, 0.15) is 0 Å². The molecule has 0 radical (unpaired) electrons. The molecule has 0 aliphatic heterocycles. The van der Waals surface area contributed by atoms with Gasteiger partial charge in [-0.3, -0.25) is 9.78 Å². The summed E-state index contributed by atoms with van der Waals surface area (Å²) >= 11 is 0. The summed E-state index contributed by atoms with van der Waals surface area (Å²) in [5, 5.41) is 9.02. The molecule has 0 amide bonds. The van der Waals surface area contributed by atoms with Crippen molar-refractivity contribution in [1.82, 2.24) is 9.97 Å². The van der Waals surface area contributed by atoms with E-state index in [-0.39, 0.29) is 5.95 Å². The van der Waals surface area contributed by atoms with Gasteiger partial charge in [0.25, 0.3) is 5.56 Å². The van der Waals surface area contributed by atoms with Gasteiger partial charge in [-0.25, -0.2) is 8.42 Å². The number of aromatic hydroxyl groups is 1. The molecule has 0 bridgehead atoms. The van der Waals surface area contributed by atoms with Crippen LogP contribution in [0.5, 0.6) is 5.88 Å². The number of aromatic nitrogens is 2. The molecule has 1 heterocycles. The molecular formula is C5H7N3O4S. The van der Waals surface area contributed by atoms with Crippen LogP contribution in [0.25, 0.3) is 0 Å². The van der Waals surface area contributed by atoms with E-state index in [1.54, 1.807) is 0 Å². The normalized spacial score (nSPS) is 11.5. The lowest BCUT2D eigenvalue weighted by molar-refractivity contribution is 0.434. The van der Waals surface area contributed by atoms with Crippen molar-refractivity contribution in [2.75, 3.05) is 12.0 Å². The maximum absolute atomic E-state index is 11.0. The third-order valence-electron chi connectivity index (χ3n) is 1.25. The van der Waals surface area contributed by atoms with Crippen LogP contribution in [0.4, 0.5) is 5.95 Å². The van der Waals surface area contributed by atoms with Crippen LogP contribution in [0.2, 0.25) is 0 Å². The Hall–Kier alpha value is -1.57. The van der Waals surface area contributed by atoms with Crippen molar-refractivity contribution >= 4 is 15.8 Å². The number of anilines is 1. The summed E-state index contributed by atoms with van der Waals surface area (Å²) in [4.78, 5) is 15.4. The summed E-state index contributed by atoms with van der Waals surface area (Å²) in [6, 6.07) is 0. The fourth-order valence-electron chi connectivity index (χ4n) is 0.802. The maximum atomic E-state index is 11.0. The van der Waals surface area contributed by atoms with Gasteiger partial charge in [0.15, 0.2) is 14.7 Å². The first-order chi connectivity index (χ1) is 5.82. The van der Waals surface area contributed by atoms with E-state index in [4.69, 9.17) is 10.8 Å². The number of nitrogens with zero attached hydrogens (tertiary/aromatic N) is 1. The van der Waals surface area contributed by atoms with Gasteiger partial charge < -0.3 is 10.8 Å². The molecule has 0 spiro atoms. The van der Waals surface area contributed by atoms with Gasteiger partial charge >= 0.3 is 0 Å². The number of rotatable bonds is 1. The van der Waals surface area contributed by atoms with Crippen molar-refractivity contribution in [2.45, 2.75) is 4.90 Å². The lowest BCUT2D eigenvalue weighted by Gasteiger charge is -1.99. The predicted molar refractivity (Wildman–Crippen MR) is 44.0 cm³/mol. The van der Waals surface area contributed by atoms with E-state index in [1.165, 1.54) is 0 Å². The average molecular weight is 205 g/mol. The van der Waals surface area contributed by atoms with Crippen LogP contribution < -0.4 is 11.3 Å². The van der Waals surface area contributed by atoms with Gasteiger partial charge in [-0.2, -0.15) is 4.98 Å². The summed E-state index contributed by atoms with van der Waals surface area (Å²) in [6.45, 7) is 0. The maximum Gasteiger partial charge on any atom is 0.275 e. The molecule has 1 rings (SSSR count). The van der Waals surface area contributed by atoms with Crippen molar-refractivity contribution in [3.8, 4) is 5.88 Å². The standard InChI is InChI=1S/C5H7N3O4S/c1-13(11,12)2-3(9)7-5(6)8-4(2)10/h1H3,(H4,6,7,8,9,10). The predicted octanol–water partition coefficient (Wildman–Crippen LogP) is -1.54. The number of aromatic amines is 1. The van der Waals surface area contributed by atoms with Gasteiger partial charge in [-0.05, 0) is 0 Å². The molecule has 0 saturated heterocycles. The van der Waals surface area contributed by atoms with Gasteiger partial charge in [0.2, 0.25) is 11.8 Å². The highest BCUT2D eigenvalue weighted by atomic mass is 32.2. The minimum Gasteiger partial charge on any atom is -0.492 e. The van der Waals surface area contributed by atoms with E-state index in [0.717, 1.165) is 6.26 Å². The number of sulfone groups is 1. The molecule has 0 saturated carbocycles. The van der Waals surface area contributed by atoms with Gasteiger partial charge in [-0.1, -0.05) is 0 Å². The zero-order valence-corrected chi connectivity index (χ0v) is 7.42. The van der Waals surface area contributed by atoms with Crippen LogP contribution in [0, 0.1) is 0 Å². The summed E-state index contributed by atoms with van der Waals surface area (Å²) in [5.41, 5.74) is 4.07. The second-order valence-corrected chi connectivity index (χ2v) is 4.33. The molecule has 8 heteroatoms. The third-order valence-corrected chi connectivity index (χ3v) is 2.36. The zero-order chi connectivity index (χ0) is 10.2. The summed E-state index contributed by atoms with van der Waals surface area (Å²) in [5.74, 6) is -1.22. The molecule has 0 aliphatic rings. The Labute approximate surface area is 73.2 Å². The summed E-state index contributed by atoms with van der Waals surface area (Å²) in [6.07, 6.45) is 0.787. The quantitative estimate of drug-likeness (QED) is 0.510. The van der Waals surface area contributed by atoms with Crippen molar-refractivity contribution in [2.24, 2.45) is 0 Å². The van der Waals surface area contributed by atoms with Crippen molar-refractivity contribution in [1.29, 1.82) is 0 Å². The number of nitrogens with two attached hydrogens (primary N) is 1. The number of hydrogen-bond donors (Lipinski definition) is 3. The number of nitrogens with one attached hydrogen (secondary N) is 1. The second-order valence-electron chi connectivity index (χ2n) is 2.38. The molecule has 7 nitrogen and oxygen atoms in total. The Morgan fingerprint density at radius 1 is 1.54 bits per heavy atom. The molecule has 1 aromatic heterocycles. The fraction of sp³-hybridized carbons (Fsp3) is 0.200. The Bertz CT molecular complexity index is 489. The summed E-state index contributed by atoms with van der Waals surface area (Å²) in [7, 11) is -3.79. The Kier molecular flexibility index (Phi) is 2.00. The van der Waals surface area contributed by atoms with Crippen LogP contribution >= 0.6 is 0 Å². The Morgan fingerprint density at radius 2 is 2.08 bits per heavy atom. The monoisotopic (exact) mass is 205 g/mol. The lowest BCUT2D eigenvalue weighted by Crippen LogP contribution is -2.19. The minimum atomic E-state index is -3.79. The Balaban J connectivity index is 3.67. The van der Waals surface area contributed by atoms with E-state index in [2.05, 4.69) is 4.98 Å².